The molecular formula is C10H13NO. The van der Waals surface area contributed by atoms with Crippen LogP contribution in [0.25, 0.3) is 0 Å². The molecule has 0 fully saturated rings. The molecule has 0 aliphatic heterocycles. The molecule has 0 saturated carbocycles. The van der Waals surface area contributed by atoms with Crippen LogP contribution in [-0.2, 0) is 0 Å². The summed E-state index contributed by atoms with van der Waals surface area (Å²) in [6.45, 7) is 5.73. The molecule has 1 rings (SSSR count). The van der Waals surface area contributed by atoms with Crippen molar-refractivity contribution in [2.24, 2.45) is 0 Å². The van der Waals surface area contributed by atoms with Crippen molar-refractivity contribution in [1.29, 1.82) is 0 Å². The Morgan fingerprint density at radius 3 is 2.42 bits per heavy atom. The van der Waals surface area contributed by atoms with Crippen LogP contribution < -0.4 is 0 Å². The van der Waals surface area contributed by atoms with E-state index >= 15 is 0 Å². The van der Waals surface area contributed by atoms with Crippen molar-refractivity contribution >= 4 is 5.78 Å². The minimum atomic E-state index is 0.0188. The van der Waals surface area contributed by atoms with E-state index in [4.69, 9.17) is 0 Å². The smallest absolute Gasteiger partial charge is 0.178 e. The van der Waals surface area contributed by atoms with E-state index in [2.05, 4.69) is 18.8 Å². The molecule has 0 spiro atoms. The van der Waals surface area contributed by atoms with Gasteiger partial charge in [0, 0.05) is 13.1 Å². The van der Waals surface area contributed by atoms with Gasteiger partial charge in [0.1, 0.15) is 5.69 Å². The van der Waals surface area contributed by atoms with Crippen LogP contribution in [0.15, 0.2) is 18.3 Å². The van der Waals surface area contributed by atoms with Gasteiger partial charge in [-0.2, -0.15) is 0 Å². The van der Waals surface area contributed by atoms with E-state index in [1.165, 1.54) is 12.5 Å². The monoisotopic (exact) mass is 163 g/mol. The summed E-state index contributed by atoms with van der Waals surface area (Å²) in [6, 6.07) is 3.73. The first-order valence-electron chi connectivity index (χ1n) is 4.08. The van der Waals surface area contributed by atoms with Crippen molar-refractivity contribution in [1.82, 2.24) is 4.98 Å². The summed E-state index contributed by atoms with van der Waals surface area (Å²) < 4.78 is 0. The van der Waals surface area contributed by atoms with E-state index < -0.39 is 0 Å². The SMILES string of the molecule is CC(=O)c1ccc(C(C)C)cn1. The summed E-state index contributed by atoms with van der Waals surface area (Å²) in [5.41, 5.74) is 1.71. The second-order valence-electron chi connectivity index (χ2n) is 3.19. The number of hydrogen-bond donors (Lipinski definition) is 0. The maximum atomic E-state index is 10.9. The topological polar surface area (TPSA) is 30.0 Å². The number of carbonyl (C=O) groups excluding carboxylic acids is 1. The van der Waals surface area contributed by atoms with Crippen molar-refractivity contribution in [3.05, 3.63) is 29.6 Å². The summed E-state index contributed by atoms with van der Waals surface area (Å²) in [6.07, 6.45) is 1.77. The van der Waals surface area contributed by atoms with Gasteiger partial charge in [-0.1, -0.05) is 19.9 Å². The van der Waals surface area contributed by atoms with Crippen LogP contribution in [0.4, 0.5) is 0 Å². The molecule has 0 amide bonds. The van der Waals surface area contributed by atoms with E-state index in [1.54, 1.807) is 12.3 Å². The van der Waals surface area contributed by atoms with E-state index in [9.17, 15) is 4.79 Å². The Morgan fingerprint density at radius 1 is 1.42 bits per heavy atom. The van der Waals surface area contributed by atoms with Crippen molar-refractivity contribution in [3.8, 4) is 0 Å². The molecule has 1 aromatic heterocycles. The Labute approximate surface area is 72.6 Å². The fourth-order valence-electron chi connectivity index (χ4n) is 0.955. The molecule has 0 bridgehead atoms. The minimum Gasteiger partial charge on any atom is -0.293 e. The molecule has 0 aliphatic carbocycles. The van der Waals surface area contributed by atoms with Crippen molar-refractivity contribution in [3.63, 3.8) is 0 Å². The van der Waals surface area contributed by atoms with Gasteiger partial charge in [0.15, 0.2) is 5.78 Å². The third-order valence-corrected chi connectivity index (χ3v) is 1.81. The van der Waals surface area contributed by atoms with Gasteiger partial charge in [0.25, 0.3) is 0 Å². The lowest BCUT2D eigenvalue weighted by atomic mass is 10.1. The first-order chi connectivity index (χ1) is 5.61. The first-order valence-corrected chi connectivity index (χ1v) is 4.08. The van der Waals surface area contributed by atoms with Crippen molar-refractivity contribution in [2.45, 2.75) is 26.7 Å². The number of ketones is 1. The maximum absolute atomic E-state index is 10.9. The van der Waals surface area contributed by atoms with Crippen LogP contribution in [-0.4, -0.2) is 10.8 Å². The molecule has 0 unspecified atom stereocenters. The van der Waals surface area contributed by atoms with Crippen LogP contribution in [0.3, 0.4) is 0 Å². The minimum absolute atomic E-state index is 0.0188. The Bertz CT molecular complexity index is 274. The van der Waals surface area contributed by atoms with Crippen LogP contribution in [0.2, 0.25) is 0 Å². The zero-order valence-electron chi connectivity index (χ0n) is 7.66. The predicted molar refractivity (Wildman–Crippen MR) is 48.3 cm³/mol. The normalized spacial score (nSPS) is 10.3. The Kier molecular flexibility index (Phi) is 2.58. The van der Waals surface area contributed by atoms with Gasteiger partial charge in [-0.15, -0.1) is 0 Å². The van der Waals surface area contributed by atoms with Gasteiger partial charge in [-0.25, -0.2) is 0 Å². The fraction of sp³-hybridized carbons (Fsp3) is 0.400. The molecule has 1 aromatic rings. The summed E-state index contributed by atoms with van der Waals surface area (Å²) in [4.78, 5) is 14.9. The van der Waals surface area contributed by atoms with Gasteiger partial charge in [0.2, 0.25) is 0 Å². The van der Waals surface area contributed by atoms with Crippen LogP contribution in [0.1, 0.15) is 42.7 Å². The first kappa shape index (κ1) is 8.91. The summed E-state index contributed by atoms with van der Waals surface area (Å²) in [5, 5.41) is 0. The standard InChI is InChI=1S/C10H13NO/c1-7(2)9-4-5-10(8(3)12)11-6-9/h4-7H,1-3H3. The fourth-order valence-corrected chi connectivity index (χ4v) is 0.955. The third kappa shape index (κ3) is 1.91. The summed E-state index contributed by atoms with van der Waals surface area (Å²) >= 11 is 0. The number of Topliss-reactive ketones (excluding diaryl/α,β-unsaturated/α-hetero) is 1. The molecule has 0 N–H and O–H groups in total. The largest absolute Gasteiger partial charge is 0.293 e. The highest BCUT2D eigenvalue weighted by atomic mass is 16.1. The summed E-state index contributed by atoms with van der Waals surface area (Å²) in [7, 11) is 0. The Morgan fingerprint density at radius 2 is 2.08 bits per heavy atom. The Hall–Kier alpha value is -1.18. The highest BCUT2D eigenvalue weighted by molar-refractivity contribution is 5.91. The van der Waals surface area contributed by atoms with Gasteiger partial charge >= 0.3 is 0 Å². The molecule has 2 heteroatoms. The van der Waals surface area contributed by atoms with E-state index in [0.29, 0.717) is 11.6 Å². The quantitative estimate of drug-likeness (QED) is 0.626. The molecule has 2 nitrogen and oxygen atoms in total. The number of carbonyl (C=O) groups is 1. The molecule has 0 atom stereocenters. The highest BCUT2D eigenvalue weighted by Gasteiger charge is 2.02. The van der Waals surface area contributed by atoms with E-state index in [0.717, 1.165) is 0 Å². The van der Waals surface area contributed by atoms with E-state index in [1.807, 2.05) is 6.07 Å². The molecule has 64 valence electrons. The van der Waals surface area contributed by atoms with Crippen molar-refractivity contribution in [2.75, 3.05) is 0 Å². The molecular weight excluding hydrogens is 150 g/mol. The number of rotatable bonds is 2. The van der Waals surface area contributed by atoms with Crippen LogP contribution in [0.5, 0.6) is 0 Å². The highest BCUT2D eigenvalue weighted by Crippen LogP contribution is 2.12. The van der Waals surface area contributed by atoms with Gasteiger partial charge in [-0.05, 0) is 17.5 Å². The second-order valence-corrected chi connectivity index (χ2v) is 3.19. The number of pyridine rings is 1. The lowest BCUT2D eigenvalue weighted by Gasteiger charge is -2.03. The van der Waals surface area contributed by atoms with Gasteiger partial charge in [-0.3, -0.25) is 9.78 Å². The average molecular weight is 163 g/mol. The van der Waals surface area contributed by atoms with Gasteiger partial charge < -0.3 is 0 Å². The van der Waals surface area contributed by atoms with Crippen LogP contribution >= 0.6 is 0 Å². The number of nitrogens with zero attached hydrogens (tertiary/aromatic N) is 1. The van der Waals surface area contributed by atoms with Crippen molar-refractivity contribution < 1.29 is 4.79 Å². The van der Waals surface area contributed by atoms with E-state index in [-0.39, 0.29) is 5.78 Å². The zero-order chi connectivity index (χ0) is 9.14. The number of aromatic nitrogens is 1. The lowest BCUT2D eigenvalue weighted by molar-refractivity contribution is 0.101. The average Bonchev–Trinajstić information content (AvgIpc) is 2.04. The Balaban J connectivity index is 2.93. The molecule has 0 aliphatic rings. The maximum Gasteiger partial charge on any atom is 0.178 e. The molecule has 0 radical (unpaired) electrons. The van der Waals surface area contributed by atoms with Gasteiger partial charge in [0.05, 0.1) is 0 Å². The zero-order valence-corrected chi connectivity index (χ0v) is 7.66. The molecule has 1 heterocycles. The third-order valence-electron chi connectivity index (χ3n) is 1.81. The lowest BCUT2D eigenvalue weighted by Crippen LogP contribution is -1.97. The van der Waals surface area contributed by atoms with Crippen LogP contribution in [0, 0.1) is 0 Å². The summed E-state index contributed by atoms with van der Waals surface area (Å²) in [5.74, 6) is 0.490. The molecule has 12 heavy (non-hydrogen) atoms. The number of hydrogen-bond acceptors (Lipinski definition) is 2. The second kappa shape index (κ2) is 3.48. The predicted octanol–water partition coefficient (Wildman–Crippen LogP) is 2.41. The molecule has 0 aromatic carbocycles. The molecule has 0 saturated heterocycles.